The van der Waals surface area contributed by atoms with E-state index in [9.17, 15) is 4.79 Å². The molecule has 2 rings (SSSR count). The third-order valence-corrected chi connectivity index (χ3v) is 3.54. The van der Waals surface area contributed by atoms with E-state index in [0.29, 0.717) is 23.3 Å². The Bertz CT molecular complexity index is 642. The van der Waals surface area contributed by atoms with E-state index in [1.165, 1.54) is 11.5 Å². The summed E-state index contributed by atoms with van der Waals surface area (Å²) in [6.07, 6.45) is 0.681. The summed E-state index contributed by atoms with van der Waals surface area (Å²) in [5.74, 6) is 1.94. The predicted octanol–water partition coefficient (Wildman–Crippen LogP) is 2.91. The minimum absolute atomic E-state index is 0.128. The van der Waals surface area contributed by atoms with Gasteiger partial charge in [0.15, 0.2) is 5.82 Å². The summed E-state index contributed by atoms with van der Waals surface area (Å²) in [5, 5.41) is 7.14. The maximum Gasteiger partial charge on any atom is 0.227 e. The third kappa shape index (κ3) is 4.33. The fraction of sp³-hybridized carbons (Fsp3) is 0.643. The number of amides is 1. The van der Waals surface area contributed by atoms with Gasteiger partial charge in [-0.15, -0.1) is 0 Å². The first-order chi connectivity index (χ1) is 10.3. The van der Waals surface area contributed by atoms with E-state index in [0.717, 1.165) is 5.82 Å². The van der Waals surface area contributed by atoms with Crippen LogP contribution < -0.4 is 5.32 Å². The normalized spacial score (nSPS) is 11.9. The molecule has 0 saturated carbocycles. The first kappa shape index (κ1) is 16.5. The number of hydrogen-bond donors (Lipinski definition) is 1. The smallest absolute Gasteiger partial charge is 0.227 e. The molecule has 0 fully saturated rings. The van der Waals surface area contributed by atoms with Gasteiger partial charge in [0.25, 0.3) is 0 Å². The molecule has 2 heterocycles. The van der Waals surface area contributed by atoms with Crippen LogP contribution in [0.4, 0.5) is 5.13 Å². The molecule has 0 aliphatic carbocycles. The van der Waals surface area contributed by atoms with Crippen molar-refractivity contribution in [3.63, 3.8) is 0 Å². The maximum absolute atomic E-state index is 11.9. The van der Waals surface area contributed by atoms with Gasteiger partial charge in [-0.25, -0.2) is 4.98 Å². The molecule has 2 aromatic rings. The van der Waals surface area contributed by atoms with Gasteiger partial charge < -0.3 is 9.84 Å². The minimum atomic E-state index is -0.138. The molecule has 0 bridgehead atoms. The van der Waals surface area contributed by atoms with Crippen LogP contribution >= 0.6 is 11.5 Å². The standard InChI is InChI=1S/C14H21N5O2S/c1-8(2)11-16-10(21-18-11)7-6-9(20)15-13-17-12(19-22-13)14(3,4)5/h8H,6-7H2,1-5H3,(H,15,17,19,20). The van der Waals surface area contributed by atoms with Gasteiger partial charge in [-0.1, -0.05) is 39.8 Å². The molecule has 2 aromatic heterocycles. The lowest BCUT2D eigenvalue weighted by Gasteiger charge is -2.12. The van der Waals surface area contributed by atoms with Crippen LogP contribution in [0.1, 0.15) is 64.5 Å². The first-order valence-corrected chi connectivity index (χ1v) is 7.99. The second-order valence-corrected chi connectivity index (χ2v) is 7.17. The molecule has 0 aliphatic rings. The number of nitrogens with zero attached hydrogens (tertiary/aromatic N) is 4. The van der Waals surface area contributed by atoms with Crippen LogP contribution in [-0.2, 0) is 16.6 Å². The second-order valence-electron chi connectivity index (χ2n) is 6.42. The predicted molar refractivity (Wildman–Crippen MR) is 83.9 cm³/mol. The topological polar surface area (TPSA) is 93.8 Å². The van der Waals surface area contributed by atoms with E-state index in [2.05, 4.69) is 24.8 Å². The molecular formula is C14H21N5O2S. The van der Waals surface area contributed by atoms with Crippen LogP contribution in [0.3, 0.4) is 0 Å². The van der Waals surface area contributed by atoms with Crippen molar-refractivity contribution < 1.29 is 9.32 Å². The Labute approximate surface area is 133 Å². The number of anilines is 1. The maximum atomic E-state index is 11.9. The molecule has 0 aromatic carbocycles. The van der Waals surface area contributed by atoms with E-state index >= 15 is 0 Å². The molecule has 0 spiro atoms. The second kappa shape index (κ2) is 6.51. The van der Waals surface area contributed by atoms with Crippen LogP contribution in [0.25, 0.3) is 0 Å². The van der Waals surface area contributed by atoms with Crippen molar-refractivity contribution in [3.05, 3.63) is 17.5 Å². The molecule has 8 heteroatoms. The summed E-state index contributed by atoms with van der Waals surface area (Å²) in [5.41, 5.74) is -0.128. The summed E-state index contributed by atoms with van der Waals surface area (Å²) < 4.78 is 9.37. The van der Waals surface area contributed by atoms with Crippen molar-refractivity contribution in [2.45, 2.75) is 58.8 Å². The fourth-order valence-electron chi connectivity index (χ4n) is 1.59. The highest BCUT2D eigenvalue weighted by molar-refractivity contribution is 7.09. The number of aryl methyl sites for hydroxylation is 1. The largest absolute Gasteiger partial charge is 0.339 e. The van der Waals surface area contributed by atoms with Gasteiger partial charge in [-0.2, -0.15) is 9.36 Å². The molecule has 0 atom stereocenters. The third-order valence-electron chi connectivity index (χ3n) is 2.91. The molecule has 22 heavy (non-hydrogen) atoms. The highest BCUT2D eigenvalue weighted by Gasteiger charge is 2.20. The lowest BCUT2D eigenvalue weighted by Crippen LogP contribution is -2.15. The Morgan fingerprint density at radius 2 is 2.05 bits per heavy atom. The van der Waals surface area contributed by atoms with Crippen molar-refractivity contribution in [2.75, 3.05) is 5.32 Å². The van der Waals surface area contributed by atoms with Crippen LogP contribution in [-0.4, -0.2) is 25.4 Å². The van der Waals surface area contributed by atoms with E-state index < -0.39 is 0 Å². The van der Waals surface area contributed by atoms with E-state index in [4.69, 9.17) is 4.52 Å². The molecule has 1 N–H and O–H groups in total. The molecule has 120 valence electrons. The van der Waals surface area contributed by atoms with Crippen LogP contribution in [0, 0.1) is 0 Å². The Balaban J connectivity index is 1.86. The van der Waals surface area contributed by atoms with E-state index in [1.54, 1.807) is 0 Å². The van der Waals surface area contributed by atoms with E-state index in [-0.39, 0.29) is 23.7 Å². The summed E-state index contributed by atoms with van der Waals surface area (Å²) in [6, 6.07) is 0. The molecule has 0 unspecified atom stereocenters. The van der Waals surface area contributed by atoms with Gasteiger partial charge in [0, 0.05) is 35.7 Å². The molecule has 0 aliphatic heterocycles. The van der Waals surface area contributed by atoms with Gasteiger partial charge in [-0.05, 0) is 0 Å². The van der Waals surface area contributed by atoms with Gasteiger partial charge in [0.2, 0.25) is 16.9 Å². The Hall–Kier alpha value is -1.83. The molecule has 0 saturated heterocycles. The molecule has 1 amide bonds. The Morgan fingerprint density at radius 3 is 2.59 bits per heavy atom. The quantitative estimate of drug-likeness (QED) is 0.909. The zero-order valence-electron chi connectivity index (χ0n) is 13.5. The van der Waals surface area contributed by atoms with Crippen LogP contribution in [0.2, 0.25) is 0 Å². The highest BCUT2D eigenvalue weighted by Crippen LogP contribution is 2.23. The lowest BCUT2D eigenvalue weighted by molar-refractivity contribution is -0.116. The SMILES string of the molecule is CC(C)c1noc(CCC(=O)Nc2nc(C(C)(C)C)ns2)n1. The number of hydrogen-bond acceptors (Lipinski definition) is 7. The number of aromatic nitrogens is 4. The van der Waals surface area contributed by atoms with Gasteiger partial charge in [0.1, 0.15) is 5.82 Å². The summed E-state index contributed by atoms with van der Waals surface area (Å²) in [7, 11) is 0. The number of carbonyl (C=O) groups is 1. The first-order valence-electron chi connectivity index (χ1n) is 7.22. The number of carbonyl (C=O) groups excluding carboxylic acids is 1. The van der Waals surface area contributed by atoms with Crippen molar-refractivity contribution in [1.82, 2.24) is 19.5 Å². The van der Waals surface area contributed by atoms with Crippen molar-refractivity contribution >= 4 is 22.6 Å². The average molecular weight is 323 g/mol. The monoisotopic (exact) mass is 323 g/mol. The molecule has 0 radical (unpaired) electrons. The number of rotatable bonds is 5. The summed E-state index contributed by atoms with van der Waals surface area (Å²) >= 11 is 1.19. The summed E-state index contributed by atoms with van der Waals surface area (Å²) in [6.45, 7) is 10.1. The molecular weight excluding hydrogens is 302 g/mol. The fourth-order valence-corrected chi connectivity index (χ4v) is 2.36. The Morgan fingerprint density at radius 1 is 1.32 bits per heavy atom. The lowest BCUT2D eigenvalue weighted by atomic mass is 9.96. The van der Waals surface area contributed by atoms with Crippen molar-refractivity contribution in [2.24, 2.45) is 0 Å². The van der Waals surface area contributed by atoms with E-state index in [1.807, 2.05) is 34.6 Å². The average Bonchev–Trinajstić information content (AvgIpc) is 3.04. The van der Waals surface area contributed by atoms with Crippen molar-refractivity contribution in [3.8, 4) is 0 Å². The zero-order chi connectivity index (χ0) is 16.3. The van der Waals surface area contributed by atoms with Gasteiger partial charge >= 0.3 is 0 Å². The van der Waals surface area contributed by atoms with Gasteiger partial charge in [0.05, 0.1) is 0 Å². The minimum Gasteiger partial charge on any atom is -0.339 e. The number of nitrogens with one attached hydrogen (secondary N) is 1. The summed E-state index contributed by atoms with van der Waals surface area (Å²) in [4.78, 5) is 20.5. The molecule has 7 nitrogen and oxygen atoms in total. The highest BCUT2D eigenvalue weighted by atomic mass is 32.1. The van der Waals surface area contributed by atoms with Crippen LogP contribution in [0.15, 0.2) is 4.52 Å². The van der Waals surface area contributed by atoms with Crippen LogP contribution in [0.5, 0.6) is 0 Å². The zero-order valence-corrected chi connectivity index (χ0v) is 14.3. The van der Waals surface area contributed by atoms with Gasteiger partial charge in [-0.3, -0.25) is 4.79 Å². The Kier molecular flexibility index (Phi) is 4.90. The van der Waals surface area contributed by atoms with Crippen molar-refractivity contribution in [1.29, 1.82) is 0 Å².